The summed E-state index contributed by atoms with van der Waals surface area (Å²) in [7, 11) is 0. The van der Waals surface area contributed by atoms with Crippen LogP contribution in [0.3, 0.4) is 0 Å². The molecule has 13 heteroatoms. The van der Waals surface area contributed by atoms with E-state index in [0.29, 0.717) is 43.9 Å². The van der Waals surface area contributed by atoms with E-state index in [1.165, 1.54) is 30.5 Å². The Hall–Kier alpha value is -4.26. The van der Waals surface area contributed by atoms with Crippen LogP contribution in [0.5, 0.6) is 0 Å². The SMILES string of the molecule is CC1(C)C[C@@H]1C(=O)N1CC2(CN(C(=O)c3cnn(Cc4ccc(F)cc4)c3)C[C@H]2COCc2c(F)ccc(C3CCC(F)(F)CC3)c2C(=O)O)C1. The summed E-state index contributed by atoms with van der Waals surface area (Å²) < 4.78 is 64.0. The molecule has 2 aliphatic carbocycles. The molecule has 1 aromatic heterocycles. The first-order chi connectivity index (χ1) is 24.1. The maximum atomic E-state index is 15.2. The van der Waals surface area contributed by atoms with Crippen LogP contribution in [0.1, 0.15) is 89.3 Å². The van der Waals surface area contributed by atoms with Crippen molar-refractivity contribution < 1.29 is 41.8 Å². The van der Waals surface area contributed by atoms with Crippen LogP contribution in [0, 0.1) is 34.3 Å². The first-order valence-electron chi connectivity index (χ1n) is 17.5. The van der Waals surface area contributed by atoms with Crippen molar-refractivity contribution in [1.82, 2.24) is 19.6 Å². The van der Waals surface area contributed by atoms with Crippen molar-refractivity contribution >= 4 is 17.8 Å². The van der Waals surface area contributed by atoms with E-state index in [0.717, 1.165) is 12.0 Å². The van der Waals surface area contributed by atoms with E-state index in [-0.39, 0.29) is 84.9 Å². The second-order valence-corrected chi connectivity index (χ2v) is 15.7. The highest BCUT2D eigenvalue weighted by Gasteiger charge is 2.60. The fraction of sp³-hybridized carbons (Fsp3) is 0.526. The third-order valence-electron chi connectivity index (χ3n) is 11.6. The van der Waals surface area contributed by atoms with Crippen molar-refractivity contribution in [2.45, 2.75) is 70.9 Å². The van der Waals surface area contributed by atoms with Crippen LogP contribution in [-0.4, -0.2) is 81.2 Å². The van der Waals surface area contributed by atoms with Gasteiger partial charge in [0.2, 0.25) is 11.8 Å². The lowest BCUT2D eigenvalue weighted by Crippen LogP contribution is -2.63. The zero-order valence-electron chi connectivity index (χ0n) is 28.7. The van der Waals surface area contributed by atoms with Gasteiger partial charge in [-0.3, -0.25) is 14.3 Å². The molecule has 7 rings (SSSR count). The van der Waals surface area contributed by atoms with Crippen molar-refractivity contribution in [3.8, 4) is 0 Å². The number of halogens is 4. The molecule has 272 valence electrons. The molecular weight excluding hydrogens is 668 g/mol. The average molecular weight is 711 g/mol. The van der Waals surface area contributed by atoms with Gasteiger partial charge in [-0.25, -0.2) is 22.4 Å². The molecule has 3 aromatic rings. The number of carbonyl (C=O) groups excluding carboxylic acids is 2. The van der Waals surface area contributed by atoms with Gasteiger partial charge in [0.05, 0.1) is 37.1 Å². The van der Waals surface area contributed by atoms with Crippen molar-refractivity contribution in [2.75, 3.05) is 32.8 Å². The van der Waals surface area contributed by atoms with Gasteiger partial charge in [0, 0.05) is 68.0 Å². The topological polar surface area (TPSA) is 105 Å². The highest BCUT2D eigenvalue weighted by molar-refractivity contribution is 5.94. The first-order valence-corrected chi connectivity index (χ1v) is 17.5. The summed E-state index contributed by atoms with van der Waals surface area (Å²) >= 11 is 0. The minimum atomic E-state index is -2.79. The predicted molar refractivity (Wildman–Crippen MR) is 177 cm³/mol. The summed E-state index contributed by atoms with van der Waals surface area (Å²) in [6, 6.07) is 8.59. The molecule has 0 bridgehead atoms. The van der Waals surface area contributed by atoms with Crippen molar-refractivity contribution in [2.24, 2.45) is 22.7 Å². The number of amides is 2. The fourth-order valence-corrected chi connectivity index (χ4v) is 8.30. The number of carboxylic acid groups (broad SMARTS) is 1. The molecule has 2 atom stereocenters. The standard InChI is InChI=1S/C38H42F4N4O5/c1-36(2)13-30(36)34(48)45-21-37(22-45)20-44(33(47)25-14-43-46(16-25)15-23-3-5-27(39)6-4-23)17-26(37)18-51-19-29-31(40)8-7-28(32(29)35(49)50)24-9-11-38(41,42)12-10-24/h3-8,14,16,24,26,30H,9-13,15,17-22H2,1-2H3,(H,49,50)/t26-,30+/m0/s1. The van der Waals surface area contributed by atoms with E-state index in [1.807, 2.05) is 4.90 Å². The Balaban J connectivity index is 1.06. The van der Waals surface area contributed by atoms with Crippen LogP contribution in [0.4, 0.5) is 17.6 Å². The largest absolute Gasteiger partial charge is 0.478 e. The molecule has 2 saturated carbocycles. The van der Waals surface area contributed by atoms with Crippen LogP contribution < -0.4 is 0 Å². The molecule has 4 fully saturated rings. The zero-order valence-corrected chi connectivity index (χ0v) is 28.7. The van der Waals surface area contributed by atoms with Crippen molar-refractivity contribution in [1.29, 1.82) is 0 Å². The Morgan fingerprint density at radius 1 is 0.980 bits per heavy atom. The lowest BCUT2D eigenvalue weighted by Gasteiger charge is -2.51. The molecule has 0 radical (unpaired) electrons. The second kappa shape index (κ2) is 13.1. The fourth-order valence-electron chi connectivity index (χ4n) is 8.30. The van der Waals surface area contributed by atoms with Gasteiger partial charge >= 0.3 is 5.97 Å². The Morgan fingerprint density at radius 2 is 1.65 bits per heavy atom. The number of aromatic nitrogens is 2. The molecule has 3 heterocycles. The Kier molecular flexibility index (Phi) is 9.00. The van der Waals surface area contributed by atoms with Crippen LogP contribution in [0.15, 0.2) is 48.8 Å². The lowest BCUT2D eigenvalue weighted by molar-refractivity contribution is -0.148. The third kappa shape index (κ3) is 7.01. The predicted octanol–water partition coefficient (Wildman–Crippen LogP) is 6.36. The third-order valence-corrected chi connectivity index (χ3v) is 11.6. The smallest absolute Gasteiger partial charge is 0.336 e. The summed E-state index contributed by atoms with van der Waals surface area (Å²) in [6.45, 7) is 5.79. The van der Waals surface area contributed by atoms with E-state index in [9.17, 15) is 32.7 Å². The van der Waals surface area contributed by atoms with Gasteiger partial charge in [-0.1, -0.05) is 32.0 Å². The molecule has 0 unspecified atom stereocenters. The molecule has 9 nitrogen and oxygen atoms in total. The number of aromatic carboxylic acids is 1. The molecule has 2 amide bonds. The van der Waals surface area contributed by atoms with E-state index in [1.54, 1.807) is 27.9 Å². The molecule has 51 heavy (non-hydrogen) atoms. The summed E-state index contributed by atoms with van der Waals surface area (Å²) in [5.74, 6) is -6.05. The molecule has 2 aliphatic heterocycles. The number of ether oxygens (including phenoxy) is 1. The number of hydrogen-bond acceptors (Lipinski definition) is 5. The number of nitrogens with zero attached hydrogens (tertiary/aromatic N) is 4. The maximum Gasteiger partial charge on any atom is 0.336 e. The van der Waals surface area contributed by atoms with Gasteiger partial charge in [0.25, 0.3) is 5.91 Å². The normalized spacial score (nSPS) is 23.3. The van der Waals surface area contributed by atoms with E-state index < -0.39 is 29.0 Å². The number of likely N-dealkylation sites (tertiary alicyclic amines) is 2. The van der Waals surface area contributed by atoms with Crippen LogP contribution in [0.25, 0.3) is 0 Å². The summed E-state index contributed by atoms with van der Waals surface area (Å²) in [4.78, 5) is 43.0. The van der Waals surface area contributed by atoms with Crippen molar-refractivity contribution in [3.63, 3.8) is 0 Å². The van der Waals surface area contributed by atoms with E-state index in [4.69, 9.17) is 4.74 Å². The quantitative estimate of drug-likeness (QED) is 0.246. The number of carbonyl (C=O) groups is 3. The van der Waals surface area contributed by atoms with Gasteiger partial charge in [-0.2, -0.15) is 5.10 Å². The second-order valence-electron chi connectivity index (χ2n) is 15.7. The first kappa shape index (κ1) is 35.2. The minimum Gasteiger partial charge on any atom is -0.478 e. The van der Waals surface area contributed by atoms with Crippen molar-refractivity contribution in [3.05, 3.63) is 88.2 Å². The van der Waals surface area contributed by atoms with Crippen LogP contribution >= 0.6 is 0 Å². The summed E-state index contributed by atoms with van der Waals surface area (Å²) in [5, 5.41) is 14.5. The number of hydrogen-bond donors (Lipinski definition) is 1. The molecule has 2 aromatic carbocycles. The minimum absolute atomic E-state index is 0.0317. The summed E-state index contributed by atoms with van der Waals surface area (Å²) in [5.41, 5.74) is 0.669. The maximum absolute atomic E-state index is 15.2. The highest BCUT2D eigenvalue weighted by Crippen LogP contribution is 2.55. The van der Waals surface area contributed by atoms with Crippen LogP contribution in [0.2, 0.25) is 0 Å². The zero-order chi connectivity index (χ0) is 36.3. The Labute approximate surface area is 293 Å². The number of rotatable bonds is 10. The van der Waals surface area contributed by atoms with E-state index >= 15 is 4.39 Å². The number of benzene rings is 2. The highest BCUT2D eigenvalue weighted by atomic mass is 19.3. The Bertz CT molecular complexity index is 1830. The molecular formula is C38H42F4N4O5. The lowest BCUT2D eigenvalue weighted by atomic mass is 9.71. The number of alkyl halides is 2. The van der Waals surface area contributed by atoms with Gasteiger partial charge in [0.1, 0.15) is 11.6 Å². The molecule has 2 saturated heterocycles. The van der Waals surface area contributed by atoms with Gasteiger partial charge in [0.15, 0.2) is 0 Å². The number of carboxylic acids is 1. The van der Waals surface area contributed by atoms with Gasteiger partial charge in [-0.05, 0) is 59.9 Å². The Morgan fingerprint density at radius 3 is 2.29 bits per heavy atom. The molecule has 1 spiro atoms. The molecule has 1 N–H and O–H groups in total. The van der Waals surface area contributed by atoms with Crippen LogP contribution in [-0.2, 0) is 22.7 Å². The van der Waals surface area contributed by atoms with Gasteiger partial charge < -0.3 is 19.6 Å². The van der Waals surface area contributed by atoms with Gasteiger partial charge in [-0.15, -0.1) is 0 Å². The monoisotopic (exact) mass is 710 g/mol. The average Bonchev–Trinajstić information content (AvgIpc) is 3.36. The van der Waals surface area contributed by atoms with E-state index in [2.05, 4.69) is 18.9 Å². The summed E-state index contributed by atoms with van der Waals surface area (Å²) in [6.07, 6.45) is 3.46. The molecule has 4 aliphatic rings.